The number of carboxylic acids is 1. The number of nitrogens with two attached hydrogens (primary N) is 1. The predicted molar refractivity (Wildman–Crippen MR) is 68.6 cm³/mol. The quantitative estimate of drug-likeness (QED) is 0.821. The molecule has 2 aliphatic heterocycles. The lowest BCUT2D eigenvalue weighted by atomic mass is 9.88. The van der Waals surface area contributed by atoms with Crippen LogP contribution in [0.1, 0.15) is 12.8 Å². The molecular weight excluding hydrogens is 248 g/mol. The third-order valence-corrected chi connectivity index (χ3v) is 3.80. The van der Waals surface area contributed by atoms with Crippen molar-refractivity contribution in [1.29, 1.82) is 0 Å². The molecule has 0 aromatic heterocycles. The number of hydrogen-bond acceptors (Lipinski definition) is 5. The lowest BCUT2D eigenvalue weighted by Gasteiger charge is -2.37. The number of nitrogens with zero attached hydrogens (tertiary/aromatic N) is 1. The first-order valence-corrected chi connectivity index (χ1v) is 6.25. The Hall–Kier alpha value is -1.95. The van der Waals surface area contributed by atoms with E-state index in [0.717, 1.165) is 17.2 Å². The number of ether oxygens (including phenoxy) is 2. The summed E-state index contributed by atoms with van der Waals surface area (Å²) < 4.78 is 10.6. The number of anilines is 1. The van der Waals surface area contributed by atoms with Gasteiger partial charge in [0.15, 0.2) is 11.5 Å². The van der Waals surface area contributed by atoms with E-state index >= 15 is 0 Å². The SMILES string of the molecule is NC1(C(=O)O)CCN(c2ccc3c(c2)OCO3)CC1. The molecule has 2 aliphatic rings. The highest BCUT2D eigenvalue weighted by Gasteiger charge is 2.37. The molecule has 2 heterocycles. The molecule has 3 N–H and O–H groups in total. The zero-order chi connectivity index (χ0) is 13.5. The second-order valence-electron chi connectivity index (χ2n) is 4.99. The van der Waals surface area contributed by atoms with E-state index in [0.29, 0.717) is 25.9 Å². The molecule has 102 valence electrons. The van der Waals surface area contributed by atoms with Crippen LogP contribution in [0.5, 0.6) is 11.5 Å². The van der Waals surface area contributed by atoms with Gasteiger partial charge in [-0.2, -0.15) is 0 Å². The van der Waals surface area contributed by atoms with E-state index in [1.165, 1.54) is 0 Å². The van der Waals surface area contributed by atoms with Crippen LogP contribution in [-0.2, 0) is 4.79 Å². The van der Waals surface area contributed by atoms with Gasteiger partial charge in [-0.15, -0.1) is 0 Å². The van der Waals surface area contributed by atoms with Crippen molar-refractivity contribution >= 4 is 11.7 Å². The standard InChI is InChI=1S/C13H16N2O4/c14-13(12(16)17)3-5-15(6-4-13)9-1-2-10-11(7-9)19-8-18-10/h1-2,7H,3-6,8,14H2,(H,16,17). The van der Waals surface area contributed by atoms with Crippen molar-refractivity contribution in [3.8, 4) is 11.5 Å². The van der Waals surface area contributed by atoms with Crippen LogP contribution in [0.15, 0.2) is 18.2 Å². The highest BCUT2D eigenvalue weighted by Crippen LogP contribution is 2.36. The molecule has 0 radical (unpaired) electrons. The van der Waals surface area contributed by atoms with Gasteiger partial charge < -0.3 is 25.2 Å². The lowest BCUT2D eigenvalue weighted by molar-refractivity contribution is -0.144. The summed E-state index contributed by atoms with van der Waals surface area (Å²) in [5, 5.41) is 9.10. The fourth-order valence-electron chi connectivity index (χ4n) is 2.46. The Kier molecular flexibility index (Phi) is 2.74. The molecule has 0 unspecified atom stereocenters. The van der Waals surface area contributed by atoms with Crippen LogP contribution >= 0.6 is 0 Å². The average Bonchev–Trinajstić information content (AvgIpc) is 2.86. The highest BCUT2D eigenvalue weighted by molar-refractivity contribution is 5.79. The number of aliphatic carboxylic acids is 1. The minimum atomic E-state index is -1.09. The third kappa shape index (κ3) is 2.08. The molecule has 1 fully saturated rings. The maximum atomic E-state index is 11.1. The molecule has 0 saturated carbocycles. The molecule has 0 aliphatic carbocycles. The normalized spacial score (nSPS) is 20.4. The van der Waals surface area contributed by atoms with Gasteiger partial charge >= 0.3 is 5.97 Å². The predicted octanol–water partition coefficient (Wildman–Crippen LogP) is 0.798. The monoisotopic (exact) mass is 264 g/mol. The molecular formula is C13H16N2O4. The van der Waals surface area contributed by atoms with Crippen LogP contribution in [0.25, 0.3) is 0 Å². The zero-order valence-corrected chi connectivity index (χ0v) is 10.5. The summed E-state index contributed by atoms with van der Waals surface area (Å²) in [5.74, 6) is 0.567. The summed E-state index contributed by atoms with van der Waals surface area (Å²) in [6, 6.07) is 5.75. The van der Waals surface area contributed by atoms with Gasteiger partial charge in [-0.1, -0.05) is 0 Å². The number of benzene rings is 1. The third-order valence-electron chi connectivity index (χ3n) is 3.80. The van der Waals surface area contributed by atoms with E-state index in [4.69, 9.17) is 20.3 Å². The van der Waals surface area contributed by atoms with Gasteiger partial charge in [-0.3, -0.25) is 4.79 Å². The molecule has 19 heavy (non-hydrogen) atoms. The van der Waals surface area contributed by atoms with Gasteiger partial charge in [-0.05, 0) is 25.0 Å². The van der Waals surface area contributed by atoms with E-state index in [-0.39, 0.29) is 6.79 Å². The Morgan fingerprint density at radius 2 is 1.95 bits per heavy atom. The van der Waals surface area contributed by atoms with Crippen LogP contribution in [0, 0.1) is 0 Å². The molecule has 3 rings (SSSR count). The summed E-state index contributed by atoms with van der Waals surface area (Å²) >= 11 is 0. The number of piperidine rings is 1. The van der Waals surface area contributed by atoms with Crippen LogP contribution in [-0.4, -0.2) is 36.5 Å². The van der Waals surface area contributed by atoms with Crippen LogP contribution in [0.4, 0.5) is 5.69 Å². The van der Waals surface area contributed by atoms with Crippen molar-refractivity contribution in [2.75, 3.05) is 24.8 Å². The Morgan fingerprint density at radius 3 is 2.63 bits per heavy atom. The van der Waals surface area contributed by atoms with E-state index in [1.807, 2.05) is 18.2 Å². The number of rotatable bonds is 2. The van der Waals surface area contributed by atoms with E-state index in [9.17, 15) is 4.79 Å². The molecule has 1 saturated heterocycles. The van der Waals surface area contributed by atoms with Crippen LogP contribution in [0.3, 0.4) is 0 Å². The Balaban J connectivity index is 1.73. The fraction of sp³-hybridized carbons (Fsp3) is 0.462. The van der Waals surface area contributed by atoms with Crippen LogP contribution < -0.4 is 20.1 Å². The second kappa shape index (κ2) is 4.31. The van der Waals surface area contributed by atoms with Crippen molar-refractivity contribution in [2.45, 2.75) is 18.4 Å². The first-order chi connectivity index (χ1) is 9.08. The molecule has 0 bridgehead atoms. The van der Waals surface area contributed by atoms with Gasteiger partial charge in [0.05, 0.1) is 0 Å². The summed E-state index contributed by atoms with van der Waals surface area (Å²) in [4.78, 5) is 13.2. The first kappa shape index (κ1) is 12.1. The van der Waals surface area contributed by atoms with E-state index in [2.05, 4.69) is 4.90 Å². The number of hydrogen-bond donors (Lipinski definition) is 2. The summed E-state index contributed by atoms with van der Waals surface area (Å²) in [6.45, 7) is 1.51. The number of carbonyl (C=O) groups is 1. The van der Waals surface area contributed by atoms with Gasteiger partial charge in [0.25, 0.3) is 0 Å². The Labute approximate surface area is 110 Å². The first-order valence-electron chi connectivity index (χ1n) is 6.25. The van der Waals surface area contributed by atoms with E-state index in [1.54, 1.807) is 0 Å². The van der Waals surface area contributed by atoms with E-state index < -0.39 is 11.5 Å². The maximum absolute atomic E-state index is 11.1. The highest BCUT2D eigenvalue weighted by atomic mass is 16.7. The summed E-state index contributed by atoms with van der Waals surface area (Å²) in [6.07, 6.45) is 0.882. The summed E-state index contributed by atoms with van der Waals surface area (Å²) in [5.41, 5.74) is 5.78. The molecule has 0 atom stereocenters. The van der Waals surface area contributed by atoms with Crippen molar-refractivity contribution in [1.82, 2.24) is 0 Å². The Morgan fingerprint density at radius 1 is 1.26 bits per heavy atom. The molecule has 1 aromatic carbocycles. The summed E-state index contributed by atoms with van der Waals surface area (Å²) in [7, 11) is 0. The largest absolute Gasteiger partial charge is 0.480 e. The minimum absolute atomic E-state index is 0.254. The molecule has 6 heteroatoms. The lowest BCUT2D eigenvalue weighted by Crippen LogP contribution is -2.55. The van der Waals surface area contributed by atoms with Crippen molar-refractivity contribution in [3.63, 3.8) is 0 Å². The van der Waals surface area contributed by atoms with Gasteiger partial charge in [-0.25, -0.2) is 0 Å². The molecule has 1 aromatic rings. The number of fused-ring (bicyclic) bond motifs is 1. The molecule has 6 nitrogen and oxygen atoms in total. The van der Waals surface area contributed by atoms with Gasteiger partial charge in [0.2, 0.25) is 6.79 Å². The smallest absolute Gasteiger partial charge is 0.323 e. The number of carboxylic acid groups (broad SMARTS) is 1. The van der Waals surface area contributed by atoms with Gasteiger partial charge in [0, 0.05) is 24.8 Å². The van der Waals surface area contributed by atoms with Gasteiger partial charge in [0.1, 0.15) is 5.54 Å². The topological polar surface area (TPSA) is 85.0 Å². The maximum Gasteiger partial charge on any atom is 0.323 e. The minimum Gasteiger partial charge on any atom is -0.480 e. The molecule has 0 amide bonds. The van der Waals surface area contributed by atoms with Crippen molar-refractivity contribution < 1.29 is 19.4 Å². The Bertz CT molecular complexity index is 509. The van der Waals surface area contributed by atoms with Crippen molar-refractivity contribution in [3.05, 3.63) is 18.2 Å². The zero-order valence-electron chi connectivity index (χ0n) is 10.5. The average molecular weight is 264 g/mol. The van der Waals surface area contributed by atoms with Crippen molar-refractivity contribution in [2.24, 2.45) is 5.73 Å². The molecule has 0 spiro atoms. The van der Waals surface area contributed by atoms with Crippen LogP contribution in [0.2, 0.25) is 0 Å². The second-order valence-corrected chi connectivity index (χ2v) is 4.99. The fourth-order valence-corrected chi connectivity index (χ4v) is 2.46.